The minimum Gasteiger partial charge on any atom is -0.494 e. The van der Waals surface area contributed by atoms with E-state index in [9.17, 15) is 4.79 Å². The summed E-state index contributed by atoms with van der Waals surface area (Å²) in [6.07, 6.45) is 5.67. The molecule has 1 heterocycles. The zero-order valence-corrected chi connectivity index (χ0v) is 15.2. The second-order valence-electron chi connectivity index (χ2n) is 6.69. The monoisotopic (exact) mass is 332 g/mol. The lowest BCUT2D eigenvalue weighted by molar-refractivity contribution is -0.134. The third kappa shape index (κ3) is 6.16. The molecule has 0 atom stereocenters. The van der Waals surface area contributed by atoms with Gasteiger partial charge in [0.25, 0.3) is 0 Å². The zero-order chi connectivity index (χ0) is 17.2. The average Bonchev–Trinajstić information content (AvgIpc) is 2.60. The van der Waals surface area contributed by atoms with Crippen molar-refractivity contribution in [1.29, 1.82) is 0 Å². The Morgan fingerprint density at radius 2 is 2.08 bits per heavy atom. The van der Waals surface area contributed by atoms with Crippen molar-refractivity contribution in [3.05, 3.63) is 29.8 Å². The molecule has 4 heteroatoms. The number of carbonyl (C=O) groups is 1. The van der Waals surface area contributed by atoms with Crippen LogP contribution < -0.4 is 10.1 Å². The number of hydrogen-bond donors (Lipinski definition) is 1. The highest BCUT2D eigenvalue weighted by molar-refractivity contribution is 5.76. The van der Waals surface area contributed by atoms with Gasteiger partial charge in [0.15, 0.2) is 0 Å². The van der Waals surface area contributed by atoms with Gasteiger partial charge in [-0.15, -0.1) is 0 Å². The van der Waals surface area contributed by atoms with Crippen LogP contribution in [0.2, 0.25) is 0 Å². The Kier molecular flexibility index (Phi) is 8.10. The molecule has 24 heavy (non-hydrogen) atoms. The highest BCUT2D eigenvalue weighted by Crippen LogP contribution is 2.16. The van der Waals surface area contributed by atoms with Crippen LogP contribution in [-0.4, -0.2) is 43.1 Å². The van der Waals surface area contributed by atoms with Gasteiger partial charge in [-0.2, -0.15) is 0 Å². The molecule has 0 radical (unpaired) electrons. The van der Waals surface area contributed by atoms with Gasteiger partial charge >= 0.3 is 0 Å². The second kappa shape index (κ2) is 10.3. The predicted octanol–water partition coefficient (Wildman–Crippen LogP) is 3.53. The van der Waals surface area contributed by atoms with Crippen molar-refractivity contribution >= 4 is 5.91 Å². The largest absolute Gasteiger partial charge is 0.494 e. The number of ether oxygens (including phenoxy) is 1. The average molecular weight is 332 g/mol. The summed E-state index contributed by atoms with van der Waals surface area (Å²) in [4.78, 5) is 14.7. The lowest BCUT2D eigenvalue weighted by Crippen LogP contribution is -2.46. The summed E-state index contributed by atoms with van der Waals surface area (Å²) in [7, 11) is 0. The standard InChI is InChI=1S/C20H32N2O2/c1-3-14-22(18-10-12-21-13-11-18)20(23)9-4-5-15-24-19-8-6-7-17(2)16-19/h6-8,16,18,21H,3-5,9-15H2,1-2H3. The van der Waals surface area contributed by atoms with Crippen LogP contribution in [0, 0.1) is 6.92 Å². The molecule has 134 valence electrons. The Bertz CT molecular complexity index is 498. The Labute approximate surface area is 146 Å². The van der Waals surface area contributed by atoms with Crippen molar-refractivity contribution in [2.24, 2.45) is 0 Å². The SMILES string of the molecule is CCCN(C(=O)CCCCOc1cccc(C)c1)C1CCNCC1. The van der Waals surface area contributed by atoms with E-state index in [2.05, 4.69) is 30.1 Å². The molecule has 1 saturated heterocycles. The molecular formula is C20H32N2O2. The van der Waals surface area contributed by atoms with Crippen LogP contribution in [0.25, 0.3) is 0 Å². The first-order chi connectivity index (χ1) is 11.7. The Hall–Kier alpha value is -1.55. The van der Waals surface area contributed by atoms with Gasteiger partial charge in [0.05, 0.1) is 6.61 Å². The van der Waals surface area contributed by atoms with Crippen molar-refractivity contribution < 1.29 is 9.53 Å². The lowest BCUT2D eigenvalue weighted by atomic mass is 10.0. The molecule has 1 aromatic rings. The molecule has 1 amide bonds. The van der Waals surface area contributed by atoms with E-state index in [0.717, 1.165) is 57.5 Å². The Balaban J connectivity index is 1.68. The van der Waals surface area contributed by atoms with Crippen molar-refractivity contribution in [3.8, 4) is 5.75 Å². The van der Waals surface area contributed by atoms with Crippen LogP contribution in [0.15, 0.2) is 24.3 Å². The molecule has 1 aliphatic rings. The number of unbranched alkanes of at least 4 members (excludes halogenated alkanes) is 1. The summed E-state index contributed by atoms with van der Waals surface area (Å²) in [5.41, 5.74) is 1.21. The second-order valence-corrected chi connectivity index (χ2v) is 6.69. The van der Waals surface area contributed by atoms with Crippen LogP contribution >= 0.6 is 0 Å². The third-order valence-electron chi connectivity index (χ3n) is 4.58. The number of aryl methyl sites for hydroxylation is 1. The highest BCUT2D eigenvalue weighted by atomic mass is 16.5. The van der Waals surface area contributed by atoms with E-state index in [1.165, 1.54) is 5.56 Å². The number of rotatable bonds is 9. The molecule has 1 N–H and O–H groups in total. The Morgan fingerprint density at radius 3 is 2.79 bits per heavy atom. The highest BCUT2D eigenvalue weighted by Gasteiger charge is 2.23. The van der Waals surface area contributed by atoms with E-state index in [1.54, 1.807) is 0 Å². The first-order valence-electron chi connectivity index (χ1n) is 9.40. The van der Waals surface area contributed by atoms with Gasteiger partial charge in [0.1, 0.15) is 5.75 Å². The van der Waals surface area contributed by atoms with Gasteiger partial charge in [-0.1, -0.05) is 19.1 Å². The number of nitrogens with zero attached hydrogens (tertiary/aromatic N) is 1. The number of nitrogens with one attached hydrogen (secondary N) is 1. The maximum Gasteiger partial charge on any atom is 0.222 e. The van der Waals surface area contributed by atoms with Gasteiger partial charge in [0, 0.05) is 19.0 Å². The fraction of sp³-hybridized carbons (Fsp3) is 0.650. The third-order valence-corrected chi connectivity index (χ3v) is 4.58. The number of amides is 1. The van der Waals surface area contributed by atoms with Gasteiger partial charge in [-0.3, -0.25) is 4.79 Å². The van der Waals surface area contributed by atoms with Crippen LogP contribution in [0.5, 0.6) is 5.75 Å². The van der Waals surface area contributed by atoms with Gasteiger partial charge in [0.2, 0.25) is 5.91 Å². The molecule has 0 bridgehead atoms. The molecule has 1 fully saturated rings. The van der Waals surface area contributed by atoms with E-state index >= 15 is 0 Å². The molecule has 4 nitrogen and oxygen atoms in total. The first-order valence-corrected chi connectivity index (χ1v) is 9.40. The normalized spacial score (nSPS) is 15.2. The van der Waals surface area contributed by atoms with E-state index < -0.39 is 0 Å². The summed E-state index contributed by atoms with van der Waals surface area (Å²) in [6.45, 7) is 7.85. The summed E-state index contributed by atoms with van der Waals surface area (Å²) in [6, 6.07) is 8.54. The van der Waals surface area contributed by atoms with Gasteiger partial charge in [-0.05, 0) is 69.8 Å². The summed E-state index contributed by atoms with van der Waals surface area (Å²) in [5.74, 6) is 1.24. The molecule has 0 unspecified atom stereocenters. The molecular weight excluding hydrogens is 300 g/mol. The minimum absolute atomic E-state index is 0.319. The van der Waals surface area contributed by atoms with E-state index in [4.69, 9.17) is 4.74 Å². The van der Waals surface area contributed by atoms with Crippen molar-refractivity contribution in [1.82, 2.24) is 10.2 Å². The van der Waals surface area contributed by atoms with Gasteiger partial charge < -0.3 is 15.0 Å². The molecule has 1 aromatic carbocycles. The fourth-order valence-electron chi connectivity index (χ4n) is 3.29. The number of carbonyl (C=O) groups excluding carboxylic acids is 1. The van der Waals surface area contributed by atoms with Crippen LogP contribution in [0.3, 0.4) is 0 Å². The lowest BCUT2D eigenvalue weighted by Gasteiger charge is -2.34. The molecule has 0 aliphatic carbocycles. The zero-order valence-electron chi connectivity index (χ0n) is 15.2. The van der Waals surface area contributed by atoms with Crippen LogP contribution in [-0.2, 0) is 4.79 Å². The number of benzene rings is 1. The first kappa shape index (κ1) is 18.8. The van der Waals surface area contributed by atoms with E-state index in [1.807, 2.05) is 18.2 Å². The van der Waals surface area contributed by atoms with Crippen molar-refractivity contribution in [3.63, 3.8) is 0 Å². The Morgan fingerprint density at radius 1 is 1.29 bits per heavy atom. The maximum absolute atomic E-state index is 12.6. The predicted molar refractivity (Wildman–Crippen MR) is 98.4 cm³/mol. The molecule has 0 aromatic heterocycles. The summed E-state index contributed by atoms with van der Waals surface area (Å²) < 4.78 is 5.76. The minimum atomic E-state index is 0.319. The van der Waals surface area contributed by atoms with E-state index in [-0.39, 0.29) is 0 Å². The maximum atomic E-state index is 12.6. The smallest absolute Gasteiger partial charge is 0.222 e. The quantitative estimate of drug-likeness (QED) is 0.703. The van der Waals surface area contributed by atoms with E-state index in [0.29, 0.717) is 25.0 Å². The van der Waals surface area contributed by atoms with Crippen molar-refractivity contribution in [2.45, 2.75) is 58.4 Å². The topological polar surface area (TPSA) is 41.6 Å². The summed E-state index contributed by atoms with van der Waals surface area (Å²) in [5, 5.41) is 3.38. The molecule has 0 saturated carbocycles. The van der Waals surface area contributed by atoms with Crippen molar-refractivity contribution in [2.75, 3.05) is 26.2 Å². The van der Waals surface area contributed by atoms with Crippen LogP contribution in [0.1, 0.15) is 51.0 Å². The molecule has 0 spiro atoms. The number of hydrogen-bond acceptors (Lipinski definition) is 3. The summed E-state index contributed by atoms with van der Waals surface area (Å²) >= 11 is 0. The molecule has 2 rings (SSSR count). The van der Waals surface area contributed by atoms with Gasteiger partial charge in [-0.25, -0.2) is 0 Å². The number of piperidine rings is 1. The van der Waals surface area contributed by atoms with Crippen LogP contribution in [0.4, 0.5) is 0 Å². The fourth-order valence-corrected chi connectivity index (χ4v) is 3.29. The molecule has 1 aliphatic heterocycles.